The summed E-state index contributed by atoms with van der Waals surface area (Å²) in [6.45, 7) is 0.0941. The van der Waals surface area contributed by atoms with Crippen molar-refractivity contribution in [2.24, 2.45) is 11.5 Å². The van der Waals surface area contributed by atoms with Crippen LogP contribution >= 0.6 is 11.6 Å². The van der Waals surface area contributed by atoms with Gasteiger partial charge < -0.3 is 21.3 Å². The largest absolute Gasteiger partial charge is 0.496 e. The van der Waals surface area contributed by atoms with Gasteiger partial charge in [-0.3, -0.25) is 0 Å². The van der Waals surface area contributed by atoms with E-state index in [1.54, 1.807) is 18.2 Å². The molecule has 4 nitrogen and oxygen atoms in total. The predicted octanol–water partition coefficient (Wildman–Crippen LogP) is 0.668. The molecule has 5 N–H and O–H groups in total. The molecule has 1 aromatic carbocycles. The van der Waals surface area contributed by atoms with Gasteiger partial charge in [0, 0.05) is 17.1 Å². The molecule has 0 saturated carbocycles. The number of halogens is 1. The lowest BCUT2D eigenvalue weighted by Gasteiger charge is -2.20. The van der Waals surface area contributed by atoms with Crippen molar-refractivity contribution in [3.8, 4) is 5.75 Å². The molecular formula is C10H15ClN2O2. The summed E-state index contributed by atoms with van der Waals surface area (Å²) in [6.07, 6.45) is -0.808. The third-order valence-corrected chi connectivity index (χ3v) is 2.44. The molecule has 0 bridgehead atoms. The molecule has 0 aliphatic heterocycles. The van der Waals surface area contributed by atoms with E-state index >= 15 is 0 Å². The van der Waals surface area contributed by atoms with Crippen LogP contribution in [0.2, 0.25) is 5.02 Å². The van der Waals surface area contributed by atoms with E-state index in [9.17, 15) is 5.11 Å². The van der Waals surface area contributed by atoms with Crippen molar-refractivity contribution >= 4 is 11.6 Å². The maximum absolute atomic E-state index is 9.54. The molecule has 2 unspecified atom stereocenters. The summed E-state index contributed by atoms with van der Waals surface area (Å²) < 4.78 is 5.13. The van der Waals surface area contributed by atoms with Crippen molar-refractivity contribution < 1.29 is 9.84 Å². The first-order chi connectivity index (χ1) is 7.10. The van der Waals surface area contributed by atoms with E-state index in [0.717, 1.165) is 0 Å². The number of aliphatic hydroxyl groups is 1. The van der Waals surface area contributed by atoms with E-state index in [1.165, 1.54) is 7.11 Å². The molecule has 0 aliphatic rings. The van der Waals surface area contributed by atoms with Crippen LogP contribution in [0.4, 0.5) is 0 Å². The molecule has 5 heteroatoms. The Labute approximate surface area is 93.8 Å². The Balaban J connectivity index is 3.05. The van der Waals surface area contributed by atoms with Crippen molar-refractivity contribution in [3.63, 3.8) is 0 Å². The normalized spacial score (nSPS) is 14.7. The van der Waals surface area contributed by atoms with Crippen LogP contribution in [0.15, 0.2) is 18.2 Å². The van der Waals surface area contributed by atoms with Crippen LogP contribution in [0.3, 0.4) is 0 Å². The highest BCUT2D eigenvalue weighted by atomic mass is 35.5. The highest BCUT2D eigenvalue weighted by Gasteiger charge is 2.19. The molecule has 0 heterocycles. The van der Waals surface area contributed by atoms with Crippen molar-refractivity contribution in [2.75, 3.05) is 13.7 Å². The predicted molar refractivity (Wildman–Crippen MR) is 60.0 cm³/mol. The molecule has 1 aromatic rings. The van der Waals surface area contributed by atoms with E-state index in [-0.39, 0.29) is 6.54 Å². The summed E-state index contributed by atoms with van der Waals surface area (Å²) in [5.74, 6) is 0.597. The number of rotatable bonds is 4. The zero-order valence-electron chi connectivity index (χ0n) is 8.48. The van der Waals surface area contributed by atoms with Gasteiger partial charge in [0.2, 0.25) is 0 Å². The maximum Gasteiger partial charge on any atom is 0.123 e. The number of ether oxygens (including phenoxy) is 1. The standard InChI is InChI=1S/C10H15ClN2O2/c1-15-9-3-2-6(11)4-7(9)10(13)8(14)5-12/h2-4,8,10,14H,5,12-13H2,1H3. The van der Waals surface area contributed by atoms with Crippen LogP contribution in [0.5, 0.6) is 5.75 Å². The van der Waals surface area contributed by atoms with E-state index in [4.69, 9.17) is 27.8 Å². The fourth-order valence-corrected chi connectivity index (χ4v) is 1.50. The van der Waals surface area contributed by atoms with Gasteiger partial charge in [0.25, 0.3) is 0 Å². The first-order valence-electron chi connectivity index (χ1n) is 4.57. The zero-order valence-corrected chi connectivity index (χ0v) is 9.24. The van der Waals surface area contributed by atoms with E-state index in [2.05, 4.69) is 0 Å². The molecule has 2 atom stereocenters. The number of hydrogen-bond donors (Lipinski definition) is 3. The molecule has 0 amide bonds. The monoisotopic (exact) mass is 230 g/mol. The topological polar surface area (TPSA) is 81.5 Å². The highest BCUT2D eigenvalue weighted by molar-refractivity contribution is 6.30. The third-order valence-electron chi connectivity index (χ3n) is 2.21. The van der Waals surface area contributed by atoms with Crippen LogP contribution in [-0.2, 0) is 0 Å². The average Bonchev–Trinajstić information content (AvgIpc) is 2.27. The van der Waals surface area contributed by atoms with Gasteiger partial charge in [-0.25, -0.2) is 0 Å². The van der Waals surface area contributed by atoms with Crippen LogP contribution < -0.4 is 16.2 Å². The van der Waals surface area contributed by atoms with Crippen LogP contribution in [0, 0.1) is 0 Å². The Kier molecular flexibility index (Phi) is 4.35. The number of methoxy groups -OCH3 is 1. The van der Waals surface area contributed by atoms with Crippen LogP contribution in [0.1, 0.15) is 11.6 Å². The van der Waals surface area contributed by atoms with Crippen molar-refractivity contribution in [2.45, 2.75) is 12.1 Å². The van der Waals surface area contributed by atoms with Gasteiger partial charge in [-0.15, -0.1) is 0 Å². The third kappa shape index (κ3) is 2.82. The smallest absolute Gasteiger partial charge is 0.123 e. The number of benzene rings is 1. The Hall–Kier alpha value is -0.810. The van der Waals surface area contributed by atoms with Crippen molar-refractivity contribution in [1.82, 2.24) is 0 Å². The second kappa shape index (κ2) is 5.32. The summed E-state index contributed by atoms with van der Waals surface area (Å²) in [6, 6.07) is 4.49. The molecule has 84 valence electrons. The van der Waals surface area contributed by atoms with Gasteiger partial charge >= 0.3 is 0 Å². The minimum atomic E-state index is -0.808. The van der Waals surface area contributed by atoms with Crippen molar-refractivity contribution in [1.29, 1.82) is 0 Å². The van der Waals surface area contributed by atoms with Gasteiger partial charge in [-0.2, -0.15) is 0 Å². The number of aliphatic hydroxyl groups excluding tert-OH is 1. The quantitative estimate of drug-likeness (QED) is 0.710. The van der Waals surface area contributed by atoms with E-state index < -0.39 is 12.1 Å². The lowest BCUT2D eigenvalue weighted by atomic mass is 10.0. The minimum absolute atomic E-state index is 0.0941. The fraction of sp³-hybridized carbons (Fsp3) is 0.400. The van der Waals surface area contributed by atoms with Crippen molar-refractivity contribution in [3.05, 3.63) is 28.8 Å². The Morgan fingerprint density at radius 1 is 1.53 bits per heavy atom. The molecule has 0 saturated heterocycles. The summed E-state index contributed by atoms with van der Waals surface area (Å²) in [4.78, 5) is 0. The summed E-state index contributed by atoms with van der Waals surface area (Å²) >= 11 is 5.84. The minimum Gasteiger partial charge on any atom is -0.496 e. The van der Waals surface area contributed by atoms with Gasteiger partial charge in [0.15, 0.2) is 0 Å². The zero-order chi connectivity index (χ0) is 11.4. The van der Waals surface area contributed by atoms with Gasteiger partial charge in [-0.1, -0.05) is 11.6 Å². The van der Waals surface area contributed by atoms with Gasteiger partial charge in [0.1, 0.15) is 5.75 Å². The van der Waals surface area contributed by atoms with Gasteiger partial charge in [0.05, 0.1) is 19.3 Å². The van der Waals surface area contributed by atoms with Crippen LogP contribution in [-0.4, -0.2) is 24.9 Å². The molecule has 0 aliphatic carbocycles. The molecule has 0 radical (unpaired) electrons. The Morgan fingerprint density at radius 3 is 2.73 bits per heavy atom. The first-order valence-corrected chi connectivity index (χ1v) is 4.95. The second-order valence-corrected chi connectivity index (χ2v) is 3.65. The first kappa shape index (κ1) is 12.3. The summed E-state index contributed by atoms with van der Waals surface area (Å²) in [5, 5.41) is 10.1. The summed E-state index contributed by atoms with van der Waals surface area (Å²) in [7, 11) is 1.54. The fourth-order valence-electron chi connectivity index (χ4n) is 1.32. The van der Waals surface area contributed by atoms with E-state index in [0.29, 0.717) is 16.3 Å². The van der Waals surface area contributed by atoms with Crippen LogP contribution in [0.25, 0.3) is 0 Å². The number of hydrogen-bond acceptors (Lipinski definition) is 4. The average molecular weight is 231 g/mol. The molecular weight excluding hydrogens is 216 g/mol. The second-order valence-electron chi connectivity index (χ2n) is 3.22. The molecule has 1 rings (SSSR count). The lowest BCUT2D eigenvalue weighted by Crippen LogP contribution is -2.33. The maximum atomic E-state index is 9.54. The summed E-state index contributed by atoms with van der Waals surface area (Å²) in [5.41, 5.74) is 11.8. The highest BCUT2D eigenvalue weighted by Crippen LogP contribution is 2.28. The molecule has 0 fully saturated rings. The SMILES string of the molecule is COc1ccc(Cl)cc1C(N)C(O)CN. The molecule has 15 heavy (non-hydrogen) atoms. The lowest BCUT2D eigenvalue weighted by molar-refractivity contribution is 0.151. The number of nitrogens with two attached hydrogens (primary N) is 2. The Bertz CT molecular complexity index is 333. The Morgan fingerprint density at radius 2 is 2.20 bits per heavy atom. The molecule has 0 aromatic heterocycles. The van der Waals surface area contributed by atoms with E-state index in [1.807, 2.05) is 0 Å². The molecule has 0 spiro atoms. The van der Waals surface area contributed by atoms with Gasteiger partial charge in [-0.05, 0) is 18.2 Å².